The maximum atomic E-state index is 13.5. The summed E-state index contributed by atoms with van der Waals surface area (Å²) in [5.41, 5.74) is 3.45. The van der Waals surface area contributed by atoms with Crippen LogP contribution in [0.5, 0.6) is 5.75 Å². The summed E-state index contributed by atoms with van der Waals surface area (Å²) in [4.78, 5) is 30.8. The predicted molar refractivity (Wildman–Crippen MR) is 122 cm³/mol. The van der Waals surface area contributed by atoms with Crippen molar-refractivity contribution in [1.82, 2.24) is 15.1 Å². The number of methoxy groups -OCH3 is 1. The van der Waals surface area contributed by atoms with Gasteiger partial charge in [0.2, 0.25) is 5.91 Å². The molecule has 32 heavy (non-hydrogen) atoms. The van der Waals surface area contributed by atoms with Crippen LogP contribution in [0.3, 0.4) is 0 Å². The minimum atomic E-state index is -0.117. The summed E-state index contributed by atoms with van der Waals surface area (Å²) in [6.45, 7) is 3.43. The van der Waals surface area contributed by atoms with Gasteiger partial charge in [0.05, 0.1) is 25.1 Å². The molecule has 4 atom stereocenters. The molecule has 5 rings (SSSR count). The molecular formula is C26H31N3O3. The van der Waals surface area contributed by atoms with Gasteiger partial charge >= 0.3 is 6.03 Å². The standard InChI is InChI=1S/C26H31N3O3/c1-17(18-8-4-3-5-9-18)27-26(31)29-14-7-11-20-21(29)16-22-24-19(10-6-12-23(24)32-2)13-15-28(22)25(20)30/h3-6,8-10,12,17,20-22H,7,11,13-16H2,1-2H3,(H,27,31)/t17-,20?,21?,22?/m1/s1. The largest absolute Gasteiger partial charge is 0.496 e. The van der Waals surface area contributed by atoms with E-state index in [0.717, 1.165) is 49.1 Å². The van der Waals surface area contributed by atoms with Crippen molar-refractivity contribution in [3.05, 3.63) is 65.2 Å². The molecule has 0 spiro atoms. The minimum Gasteiger partial charge on any atom is -0.496 e. The van der Waals surface area contributed by atoms with Gasteiger partial charge in [-0.25, -0.2) is 4.79 Å². The Morgan fingerprint density at radius 2 is 1.94 bits per heavy atom. The lowest BCUT2D eigenvalue weighted by molar-refractivity contribution is -0.148. The fourth-order valence-electron chi connectivity index (χ4n) is 5.85. The Labute approximate surface area is 189 Å². The van der Waals surface area contributed by atoms with Crippen LogP contribution in [-0.4, -0.2) is 48.0 Å². The third kappa shape index (κ3) is 3.51. The van der Waals surface area contributed by atoms with E-state index in [4.69, 9.17) is 4.74 Å². The number of nitrogens with one attached hydrogen (secondary N) is 1. The van der Waals surface area contributed by atoms with Crippen molar-refractivity contribution in [3.8, 4) is 5.75 Å². The van der Waals surface area contributed by atoms with Gasteiger partial charge in [0.1, 0.15) is 5.75 Å². The summed E-state index contributed by atoms with van der Waals surface area (Å²) < 4.78 is 5.68. The van der Waals surface area contributed by atoms with E-state index >= 15 is 0 Å². The first-order valence-corrected chi connectivity index (χ1v) is 11.7. The molecule has 0 aliphatic carbocycles. The lowest BCUT2D eigenvalue weighted by Crippen LogP contribution is -2.61. The van der Waals surface area contributed by atoms with E-state index < -0.39 is 0 Å². The molecule has 0 bridgehead atoms. The normalized spacial score (nSPS) is 25.3. The summed E-state index contributed by atoms with van der Waals surface area (Å²) in [5.74, 6) is 0.915. The molecule has 168 valence electrons. The molecule has 0 radical (unpaired) electrons. The van der Waals surface area contributed by atoms with Gasteiger partial charge in [-0.2, -0.15) is 0 Å². The topological polar surface area (TPSA) is 61.9 Å². The molecule has 0 saturated carbocycles. The SMILES string of the molecule is COc1cccc2c1C1CC3C(CCCN3C(=O)N[C@H](C)c3ccccc3)C(=O)N1CC2. The predicted octanol–water partition coefficient (Wildman–Crippen LogP) is 4.08. The first kappa shape index (κ1) is 20.9. The smallest absolute Gasteiger partial charge is 0.318 e. The number of fused-ring (bicyclic) bond motifs is 4. The van der Waals surface area contributed by atoms with Crippen LogP contribution >= 0.6 is 0 Å². The van der Waals surface area contributed by atoms with Crippen molar-refractivity contribution in [2.24, 2.45) is 5.92 Å². The highest BCUT2D eigenvalue weighted by Gasteiger charge is 2.49. The number of hydrogen-bond donors (Lipinski definition) is 1. The number of carbonyl (C=O) groups excluding carboxylic acids is 2. The Bertz CT molecular complexity index is 994. The molecule has 3 unspecified atom stereocenters. The van der Waals surface area contributed by atoms with Crippen molar-refractivity contribution >= 4 is 11.9 Å². The minimum absolute atomic E-state index is 0.0383. The molecule has 3 aliphatic rings. The van der Waals surface area contributed by atoms with Crippen LogP contribution in [0.25, 0.3) is 0 Å². The molecule has 6 heteroatoms. The molecular weight excluding hydrogens is 402 g/mol. The zero-order chi connectivity index (χ0) is 22.2. The highest BCUT2D eigenvalue weighted by Crippen LogP contribution is 2.46. The van der Waals surface area contributed by atoms with E-state index in [9.17, 15) is 9.59 Å². The molecule has 3 amide bonds. The number of benzene rings is 2. The fraction of sp³-hybridized carbons (Fsp3) is 0.462. The second kappa shape index (κ2) is 8.49. The van der Waals surface area contributed by atoms with Crippen molar-refractivity contribution in [3.63, 3.8) is 0 Å². The van der Waals surface area contributed by atoms with Crippen molar-refractivity contribution in [1.29, 1.82) is 0 Å². The maximum absolute atomic E-state index is 13.5. The van der Waals surface area contributed by atoms with E-state index in [0.29, 0.717) is 6.54 Å². The van der Waals surface area contributed by atoms with Gasteiger partial charge < -0.3 is 19.9 Å². The van der Waals surface area contributed by atoms with Crippen molar-refractivity contribution in [2.75, 3.05) is 20.2 Å². The molecule has 3 aliphatic heterocycles. The summed E-state index contributed by atoms with van der Waals surface area (Å²) >= 11 is 0. The van der Waals surface area contributed by atoms with E-state index in [1.54, 1.807) is 7.11 Å². The van der Waals surface area contributed by atoms with Gasteiger partial charge in [0, 0.05) is 24.7 Å². The van der Waals surface area contributed by atoms with Crippen LogP contribution in [0.2, 0.25) is 0 Å². The molecule has 1 N–H and O–H groups in total. The van der Waals surface area contributed by atoms with Crippen LogP contribution in [0, 0.1) is 5.92 Å². The van der Waals surface area contributed by atoms with Crippen LogP contribution in [0.1, 0.15) is 55.0 Å². The molecule has 3 heterocycles. The Balaban J connectivity index is 1.41. The van der Waals surface area contributed by atoms with Crippen LogP contribution in [-0.2, 0) is 11.2 Å². The Morgan fingerprint density at radius 3 is 2.72 bits per heavy atom. The molecule has 6 nitrogen and oxygen atoms in total. The molecule has 2 aromatic carbocycles. The zero-order valence-corrected chi connectivity index (χ0v) is 18.8. The number of hydrogen-bond acceptors (Lipinski definition) is 3. The van der Waals surface area contributed by atoms with E-state index in [-0.39, 0.29) is 36.0 Å². The first-order chi connectivity index (χ1) is 15.6. The average Bonchev–Trinajstić information content (AvgIpc) is 2.83. The number of likely N-dealkylation sites (tertiary alicyclic amines) is 1. The van der Waals surface area contributed by atoms with Gasteiger partial charge in [0.15, 0.2) is 0 Å². The molecule has 2 fully saturated rings. The third-order valence-electron chi connectivity index (χ3n) is 7.45. The second-order valence-corrected chi connectivity index (χ2v) is 9.16. The van der Waals surface area contributed by atoms with Gasteiger partial charge in [0.25, 0.3) is 0 Å². The fourth-order valence-corrected chi connectivity index (χ4v) is 5.85. The number of rotatable bonds is 3. The summed E-state index contributed by atoms with van der Waals surface area (Å²) in [5, 5.41) is 3.16. The first-order valence-electron chi connectivity index (χ1n) is 11.7. The number of amides is 3. The zero-order valence-electron chi connectivity index (χ0n) is 18.8. The lowest BCUT2D eigenvalue weighted by Gasteiger charge is -2.51. The van der Waals surface area contributed by atoms with E-state index in [1.807, 2.05) is 59.2 Å². The monoisotopic (exact) mass is 433 g/mol. The molecule has 2 saturated heterocycles. The highest BCUT2D eigenvalue weighted by molar-refractivity contribution is 5.84. The lowest BCUT2D eigenvalue weighted by atomic mass is 9.76. The summed E-state index contributed by atoms with van der Waals surface area (Å²) in [7, 11) is 1.69. The van der Waals surface area contributed by atoms with Crippen LogP contribution in [0.15, 0.2) is 48.5 Å². The van der Waals surface area contributed by atoms with E-state index in [2.05, 4.69) is 11.4 Å². The van der Waals surface area contributed by atoms with Gasteiger partial charge in [-0.1, -0.05) is 42.5 Å². The van der Waals surface area contributed by atoms with Gasteiger partial charge in [-0.3, -0.25) is 4.79 Å². The average molecular weight is 434 g/mol. The third-order valence-corrected chi connectivity index (χ3v) is 7.45. The number of nitrogens with zero attached hydrogens (tertiary/aromatic N) is 2. The number of ether oxygens (including phenoxy) is 1. The Hall–Kier alpha value is -3.02. The second-order valence-electron chi connectivity index (χ2n) is 9.16. The van der Waals surface area contributed by atoms with Gasteiger partial charge in [-0.15, -0.1) is 0 Å². The number of piperidine rings is 2. The molecule has 0 aromatic heterocycles. The number of urea groups is 1. The van der Waals surface area contributed by atoms with Crippen molar-refractivity contribution in [2.45, 2.75) is 50.7 Å². The molecule has 2 aromatic rings. The number of carbonyl (C=O) groups is 2. The Morgan fingerprint density at radius 1 is 1.12 bits per heavy atom. The Kier molecular flexibility index (Phi) is 5.53. The van der Waals surface area contributed by atoms with E-state index in [1.165, 1.54) is 5.56 Å². The maximum Gasteiger partial charge on any atom is 0.318 e. The van der Waals surface area contributed by atoms with Crippen LogP contribution in [0.4, 0.5) is 4.79 Å². The highest BCUT2D eigenvalue weighted by atomic mass is 16.5. The summed E-state index contributed by atoms with van der Waals surface area (Å²) in [6.07, 6.45) is 3.32. The van der Waals surface area contributed by atoms with Gasteiger partial charge in [-0.05, 0) is 49.8 Å². The van der Waals surface area contributed by atoms with Crippen molar-refractivity contribution < 1.29 is 14.3 Å². The summed E-state index contributed by atoms with van der Waals surface area (Å²) in [6, 6.07) is 15.8. The van der Waals surface area contributed by atoms with Crippen LogP contribution < -0.4 is 10.1 Å². The quantitative estimate of drug-likeness (QED) is 0.794.